The second kappa shape index (κ2) is 12.0. The second-order valence-electron chi connectivity index (χ2n) is 4.69. The van der Waals surface area contributed by atoms with Gasteiger partial charge in [0.05, 0.1) is 0 Å². The highest BCUT2D eigenvalue weighted by Crippen LogP contribution is 2.19. The van der Waals surface area contributed by atoms with Crippen molar-refractivity contribution in [3.05, 3.63) is 34.9 Å². The van der Waals surface area contributed by atoms with Crippen LogP contribution in [0.3, 0.4) is 0 Å². The molecule has 0 aromatic heterocycles. The maximum atomic E-state index is 11.3. The normalized spacial score (nSPS) is 9.11. The van der Waals surface area contributed by atoms with Crippen molar-refractivity contribution in [2.24, 2.45) is 0 Å². The van der Waals surface area contributed by atoms with E-state index >= 15 is 0 Å². The molecule has 19 heavy (non-hydrogen) atoms. The first-order valence-electron chi connectivity index (χ1n) is 7.61. The Morgan fingerprint density at radius 1 is 1.11 bits per heavy atom. The molecular weight excluding hydrogens is 232 g/mol. The van der Waals surface area contributed by atoms with Crippen LogP contribution in [-0.2, 0) is 6.42 Å². The van der Waals surface area contributed by atoms with E-state index in [4.69, 9.17) is 0 Å². The maximum absolute atomic E-state index is 11.3. The first-order valence-corrected chi connectivity index (χ1v) is 7.61. The lowest BCUT2D eigenvalue weighted by Gasteiger charge is -2.10. The fraction of sp³-hybridized carbons (Fsp3) is 0.611. The molecule has 1 rings (SSSR count). The Bertz CT molecular complexity index is 351. The second-order valence-corrected chi connectivity index (χ2v) is 4.69. The summed E-state index contributed by atoms with van der Waals surface area (Å²) < 4.78 is 0. The van der Waals surface area contributed by atoms with Crippen LogP contribution in [-0.4, -0.2) is 5.78 Å². The van der Waals surface area contributed by atoms with Gasteiger partial charge in [-0.15, -0.1) is 0 Å². The van der Waals surface area contributed by atoms with Crippen LogP contribution < -0.4 is 0 Å². The highest BCUT2D eigenvalue weighted by atomic mass is 16.1. The van der Waals surface area contributed by atoms with Crippen molar-refractivity contribution < 1.29 is 4.79 Å². The fourth-order valence-electron chi connectivity index (χ4n) is 1.61. The molecule has 0 bridgehead atoms. The van der Waals surface area contributed by atoms with Crippen molar-refractivity contribution in [3.8, 4) is 0 Å². The highest BCUT2D eigenvalue weighted by Gasteiger charge is 2.07. The minimum Gasteiger partial charge on any atom is -0.295 e. The number of carbonyl (C=O) groups excluding carboxylic acids is 1. The lowest BCUT2D eigenvalue weighted by molar-refractivity contribution is 0.101. The maximum Gasteiger partial charge on any atom is 0.160 e. The summed E-state index contributed by atoms with van der Waals surface area (Å²) in [4.78, 5) is 11.3. The van der Waals surface area contributed by atoms with Gasteiger partial charge in [-0.25, -0.2) is 0 Å². The van der Waals surface area contributed by atoms with E-state index in [1.54, 1.807) is 6.92 Å². The summed E-state index contributed by atoms with van der Waals surface area (Å²) in [5.74, 6) is 0.693. The monoisotopic (exact) mass is 264 g/mol. The predicted octanol–water partition coefficient (Wildman–Crippen LogP) is 6.02. The summed E-state index contributed by atoms with van der Waals surface area (Å²) in [6, 6.07) is 6.17. The zero-order chi connectivity index (χ0) is 15.4. The average Bonchev–Trinajstić information content (AvgIpc) is 2.41. The molecule has 0 aliphatic rings. The van der Waals surface area contributed by atoms with E-state index in [-0.39, 0.29) is 5.78 Å². The number of hydrogen-bond acceptors (Lipinski definition) is 1. The molecule has 0 aliphatic heterocycles. The van der Waals surface area contributed by atoms with Crippen molar-refractivity contribution in [1.29, 1.82) is 0 Å². The lowest BCUT2D eigenvalue weighted by Crippen LogP contribution is -2.00. The van der Waals surface area contributed by atoms with Crippen LogP contribution in [0, 0.1) is 0 Å². The zero-order valence-corrected chi connectivity index (χ0v) is 14.1. The van der Waals surface area contributed by atoms with Gasteiger partial charge in [-0.2, -0.15) is 0 Å². The van der Waals surface area contributed by atoms with Gasteiger partial charge in [-0.05, 0) is 30.4 Å². The molecule has 0 N–H and O–H groups in total. The number of Topliss-reactive ketones (excluding diaryl/α,β-unsaturated/α-hetero) is 1. The number of aryl methyl sites for hydroxylation is 1. The molecule has 0 heterocycles. The summed E-state index contributed by atoms with van der Waals surface area (Å²) in [5.41, 5.74) is 3.35. The summed E-state index contributed by atoms with van der Waals surface area (Å²) in [6.45, 7) is 16.3. The fourth-order valence-corrected chi connectivity index (χ4v) is 1.61. The summed E-state index contributed by atoms with van der Waals surface area (Å²) in [6.07, 6.45) is 2.18. The smallest absolute Gasteiger partial charge is 0.160 e. The lowest BCUT2D eigenvalue weighted by atomic mass is 9.95. The van der Waals surface area contributed by atoms with Crippen LogP contribution in [0.5, 0.6) is 0 Å². The van der Waals surface area contributed by atoms with E-state index in [1.165, 1.54) is 17.5 Å². The Kier molecular flexibility index (Phi) is 12.7. The number of rotatable bonds is 3. The van der Waals surface area contributed by atoms with Gasteiger partial charge in [0.25, 0.3) is 0 Å². The molecule has 0 radical (unpaired) electrons. The molecule has 0 spiro atoms. The van der Waals surface area contributed by atoms with Crippen LogP contribution >= 0.6 is 0 Å². The first kappa shape index (κ1) is 20.2. The van der Waals surface area contributed by atoms with Crippen LogP contribution in [0.2, 0.25) is 0 Å². The number of benzene rings is 1. The molecule has 1 aromatic carbocycles. The van der Waals surface area contributed by atoms with Crippen LogP contribution in [0.25, 0.3) is 0 Å². The third-order valence-electron chi connectivity index (χ3n) is 2.56. The molecule has 0 saturated carbocycles. The summed E-state index contributed by atoms with van der Waals surface area (Å²) in [7, 11) is 0. The average molecular weight is 264 g/mol. The molecule has 110 valence electrons. The SMILES string of the molecule is CC.CCC.CCc1cc(C(C)C)ccc1C(C)=O. The van der Waals surface area contributed by atoms with Crippen molar-refractivity contribution in [2.45, 2.75) is 74.1 Å². The van der Waals surface area contributed by atoms with Gasteiger partial charge < -0.3 is 0 Å². The molecule has 1 heteroatoms. The van der Waals surface area contributed by atoms with Crippen molar-refractivity contribution in [3.63, 3.8) is 0 Å². The van der Waals surface area contributed by atoms with E-state index in [2.05, 4.69) is 46.8 Å². The summed E-state index contributed by atoms with van der Waals surface area (Å²) >= 11 is 0. The van der Waals surface area contributed by atoms with Gasteiger partial charge in [0.1, 0.15) is 0 Å². The Morgan fingerprint density at radius 3 is 1.89 bits per heavy atom. The van der Waals surface area contributed by atoms with Crippen molar-refractivity contribution in [2.75, 3.05) is 0 Å². The van der Waals surface area contributed by atoms with E-state index in [1.807, 2.05) is 19.9 Å². The first-order chi connectivity index (χ1) is 8.97. The minimum atomic E-state index is 0.164. The topological polar surface area (TPSA) is 17.1 Å². The Hall–Kier alpha value is -1.11. The Balaban J connectivity index is 0. The molecular formula is C18H32O. The molecule has 0 amide bonds. The van der Waals surface area contributed by atoms with Gasteiger partial charge in [0.15, 0.2) is 5.78 Å². The van der Waals surface area contributed by atoms with E-state index in [0.717, 1.165) is 12.0 Å². The molecule has 1 nitrogen and oxygen atoms in total. The Morgan fingerprint density at radius 2 is 1.58 bits per heavy atom. The molecule has 0 unspecified atom stereocenters. The largest absolute Gasteiger partial charge is 0.295 e. The van der Waals surface area contributed by atoms with Gasteiger partial charge in [0, 0.05) is 5.56 Å². The molecule has 0 aliphatic carbocycles. The highest BCUT2D eigenvalue weighted by molar-refractivity contribution is 5.95. The molecule has 0 atom stereocenters. The zero-order valence-electron chi connectivity index (χ0n) is 14.1. The van der Waals surface area contributed by atoms with Gasteiger partial charge in [-0.1, -0.05) is 73.1 Å². The van der Waals surface area contributed by atoms with Crippen LogP contribution in [0.15, 0.2) is 18.2 Å². The van der Waals surface area contributed by atoms with Gasteiger partial charge >= 0.3 is 0 Å². The Labute approximate surface area is 120 Å². The third-order valence-corrected chi connectivity index (χ3v) is 2.56. The standard InChI is InChI=1S/C13H18O.C3H8.C2H6/c1-5-11-8-12(9(2)3)6-7-13(11)10(4)14;1-3-2;1-2/h6-9H,5H2,1-4H3;3H2,1-2H3;1-2H3. The van der Waals surface area contributed by atoms with Crippen LogP contribution in [0.1, 0.15) is 89.2 Å². The van der Waals surface area contributed by atoms with E-state index in [9.17, 15) is 4.79 Å². The van der Waals surface area contributed by atoms with Crippen LogP contribution in [0.4, 0.5) is 0 Å². The molecule has 1 aromatic rings. The van der Waals surface area contributed by atoms with Crippen molar-refractivity contribution in [1.82, 2.24) is 0 Å². The third kappa shape index (κ3) is 7.81. The van der Waals surface area contributed by atoms with Gasteiger partial charge in [-0.3, -0.25) is 4.79 Å². The quantitative estimate of drug-likeness (QED) is 0.610. The number of hydrogen-bond donors (Lipinski definition) is 0. The van der Waals surface area contributed by atoms with Gasteiger partial charge in [0.2, 0.25) is 0 Å². The van der Waals surface area contributed by atoms with Crippen molar-refractivity contribution >= 4 is 5.78 Å². The minimum absolute atomic E-state index is 0.164. The number of carbonyl (C=O) groups is 1. The predicted molar refractivity (Wildman–Crippen MR) is 87.2 cm³/mol. The summed E-state index contributed by atoms with van der Waals surface area (Å²) in [5, 5.41) is 0. The van der Waals surface area contributed by atoms with E-state index < -0.39 is 0 Å². The van der Waals surface area contributed by atoms with E-state index in [0.29, 0.717) is 5.92 Å². The molecule has 0 saturated heterocycles. The molecule has 0 fully saturated rings. The number of ketones is 1.